The number of rotatable bonds is 3. The van der Waals surface area contributed by atoms with Crippen LogP contribution in [0.15, 0.2) is 46.8 Å². The molecule has 2 atom stereocenters. The molecule has 1 fully saturated rings. The number of ether oxygens (including phenoxy) is 1. The first-order valence-corrected chi connectivity index (χ1v) is 9.86. The van der Waals surface area contributed by atoms with Crippen LogP contribution in [-0.4, -0.2) is 45.7 Å². The van der Waals surface area contributed by atoms with Gasteiger partial charge in [0.2, 0.25) is 5.91 Å². The van der Waals surface area contributed by atoms with Gasteiger partial charge in [-0.3, -0.25) is 14.2 Å². The Hall–Kier alpha value is -2.51. The second-order valence-electron chi connectivity index (χ2n) is 6.93. The first kappa shape index (κ1) is 17.9. The van der Waals surface area contributed by atoms with Crippen LogP contribution in [0.5, 0.6) is 0 Å². The molecule has 140 valence electrons. The molecule has 1 amide bonds. The Morgan fingerprint density at radius 2 is 1.93 bits per heavy atom. The molecule has 0 unspecified atom stereocenters. The molecule has 0 N–H and O–H groups in total. The summed E-state index contributed by atoms with van der Waals surface area (Å²) in [5.74, 6) is -0.0864. The summed E-state index contributed by atoms with van der Waals surface area (Å²) in [5, 5.41) is 2.52. The van der Waals surface area contributed by atoms with Crippen molar-refractivity contribution in [2.75, 3.05) is 13.1 Å². The summed E-state index contributed by atoms with van der Waals surface area (Å²) < 4.78 is 7.09. The average molecular weight is 383 g/mol. The van der Waals surface area contributed by atoms with Gasteiger partial charge in [0, 0.05) is 24.0 Å². The van der Waals surface area contributed by atoms with E-state index >= 15 is 0 Å². The molecular formula is C20H21N3O3S. The van der Waals surface area contributed by atoms with Crippen molar-refractivity contribution >= 4 is 27.5 Å². The molecule has 7 heteroatoms. The van der Waals surface area contributed by atoms with Crippen LogP contribution in [0, 0.1) is 0 Å². The molecule has 0 spiro atoms. The Kier molecular flexibility index (Phi) is 4.80. The van der Waals surface area contributed by atoms with E-state index in [-0.39, 0.29) is 30.2 Å². The third-order valence-corrected chi connectivity index (χ3v) is 5.61. The normalized spacial score (nSPS) is 20.1. The number of morpholine rings is 1. The molecule has 1 aliphatic heterocycles. The number of aromatic nitrogens is 2. The highest BCUT2D eigenvalue weighted by Gasteiger charge is 2.26. The number of benzene rings is 1. The fraction of sp³-hybridized carbons (Fsp3) is 0.350. The molecular weight excluding hydrogens is 362 g/mol. The standard InChI is InChI=1S/C20H21N3O3S/c1-13-8-22(9-14(2)26-13)17(24)10-23-12-21-19-18(20(23)25)16(11-27-19)15-6-4-3-5-7-15/h3-7,11-14H,8-10H2,1-2H3/t13-,14-/m1/s1. The molecule has 4 rings (SSSR count). The fourth-order valence-electron chi connectivity index (χ4n) is 3.54. The van der Waals surface area contributed by atoms with Crippen LogP contribution in [0.4, 0.5) is 0 Å². The van der Waals surface area contributed by atoms with Crippen molar-refractivity contribution in [2.24, 2.45) is 0 Å². The Labute approximate surface area is 161 Å². The predicted molar refractivity (Wildman–Crippen MR) is 106 cm³/mol. The Balaban J connectivity index is 1.66. The second kappa shape index (κ2) is 7.25. The number of carbonyl (C=O) groups is 1. The van der Waals surface area contributed by atoms with Crippen LogP contribution in [-0.2, 0) is 16.1 Å². The molecule has 0 saturated carbocycles. The molecule has 0 aliphatic carbocycles. The minimum absolute atomic E-state index is 0.00316. The summed E-state index contributed by atoms with van der Waals surface area (Å²) in [7, 11) is 0. The van der Waals surface area contributed by atoms with Gasteiger partial charge in [-0.25, -0.2) is 4.98 Å². The van der Waals surface area contributed by atoms with Crippen molar-refractivity contribution in [3.63, 3.8) is 0 Å². The van der Waals surface area contributed by atoms with E-state index < -0.39 is 0 Å². The molecule has 27 heavy (non-hydrogen) atoms. The lowest BCUT2D eigenvalue weighted by Crippen LogP contribution is -2.49. The number of carbonyl (C=O) groups excluding carboxylic acids is 1. The van der Waals surface area contributed by atoms with Gasteiger partial charge in [0.25, 0.3) is 5.56 Å². The molecule has 0 bridgehead atoms. The van der Waals surface area contributed by atoms with Crippen molar-refractivity contribution in [1.29, 1.82) is 0 Å². The zero-order valence-electron chi connectivity index (χ0n) is 15.3. The lowest BCUT2D eigenvalue weighted by molar-refractivity contribution is -0.143. The molecule has 0 radical (unpaired) electrons. The number of amides is 1. The summed E-state index contributed by atoms with van der Waals surface area (Å²) in [6, 6.07) is 9.77. The van der Waals surface area contributed by atoms with E-state index in [2.05, 4.69) is 4.98 Å². The van der Waals surface area contributed by atoms with Gasteiger partial charge in [0.15, 0.2) is 0 Å². The van der Waals surface area contributed by atoms with Crippen LogP contribution < -0.4 is 5.56 Å². The quantitative estimate of drug-likeness (QED) is 0.698. The largest absolute Gasteiger partial charge is 0.372 e. The van der Waals surface area contributed by atoms with E-state index in [1.165, 1.54) is 22.2 Å². The number of hydrogen-bond donors (Lipinski definition) is 0. The lowest BCUT2D eigenvalue weighted by Gasteiger charge is -2.35. The molecule has 1 aliphatic rings. The van der Waals surface area contributed by atoms with Crippen molar-refractivity contribution in [3.8, 4) is 11.1 Å². The number of thiophene rings is 1. The summed E-state index contributed by atoms with van der Waals surface area (Å²) >= 11 is 1.44. The summed E-state index contributed by atoms with van der Waals surface area (Å²) in [5.41, 5.74) is 1.66. The maximum atomic E-state index is 13.1. The van der Waals surface area contributed by atoms with Gasteiger partial charge in [0.05, 0.1) is 23.9 Å². The Morgan fingerprint density at radius 3 is 2.63 bits per heavy atom. The number of hydrogen-bond acceptors (Lipinski definition) is 5. The van der Waals surface area contributed by atoms with Crippen LogP contribution >= 0.6 is 11.3 Å². The van der Waals surface area contributed by atoms with E-state index in [9.17, 15) is 9.59 Å². The maximum absolute atomic E-state index is 13.1. The van der Waals surface area contributed by atoms with Crippen molar-refractivity contribution < 1.29 is 9.53 Å². The van der Waals surface area contributed by atoms with E-state index in [4.69, 9.17) is 4.74 Å². The van der Waals surface area contributed by atoms with Gasteiger partial charge in [-0.1, -0.05) is 30.3 Å². The maximum Gasteiger partial charge on any atom is 0.263 e. The summed E-state index contributed by atoms with van der Waals surface area (Å²) in [6.45, 7) is 4.98. The third kappa shape index (κ3) is 3.52. The van der Waals surface area contributed by atoms with Crippen molar-refractivity contribution in [2.45, 2.75) is 32.6 Å². The van der Waals surface area contributed by atoms with Gasteiger partial charge < -0.3 is 9.64 Å². The lowest BCUT2D eigenvalue weighted by atomic mass is 10.1. The summed E-state index contributed by atoms with van der Waals surface area (Å²) in [6.07, 6.45) is 1.47. The van der Waals surface area contributed by atoms with Crippen LogP contribution in [0.2, 0.25) is 0 Å². The van der Waals surface area contributed by atoms with E-state index in [0.29, 0.717) is 23.3 Å². The number of nitrogens with zero attached hydrogens (tertiary/aromatic N) is 3. The monoisotopic (exact) mass is 383 g/mol. The van der Waals surface area contributed by atoms with Gasteiger partial charge >= 0.3 is 0 Å². The highest BCUT2D eigenvalue weighted by molar-refractivity contribution is 7.17. The van der Waals surface area contributed by atoms with Gasteiger partial charge in [-0.15, -0.1) is 11.3 Å². The molecule has 1 saturated heterocycles. The average Bonchev–Trinajstić information content (AvgIpc) is 3.09. The van der Waals surface area contributed by atoms with E-state index in [1.54, 1.807) is 4.90 Å². The van der Waals surface area contributed by atoms with Crippen LogP contribution in [0.25, 0.3) is 21.3 Å². The predicted octanol–water partition coefficient (Wildman–Crippen LogP) is 2.76. The molecule has 1 aromatic carbocycles. The zero-order valence-corrected chi connectivity index (χ0v) is 16.1. The minimum Gasteiger partial charge on any atom is -0.372 e. The highest BCUT2D eigenvalue weighted by Crippen LogP contribution is 2.30. The Bertz CT molecular complexity index is 1020. The third-order valence-electron chi connectivity index (χ3n) is 4.72. The molecule has 3 heterocycles. The Morgan fingerprint density at radius 1 is 1.22 bits per heavy atom. The van der Waals surface area contributed by atoms with Crippen LogP contribution in [0.3, 0.4) is 0 Å². The van der Waals surface area contributed by atoms with Gasteiger partial charge in [-0.05, 0) is 19.4 Å². The van der Waals surface area contributed by atoms with Gasteiger partial charge in [0.1, 0.15) is 11.4 Å². The van der Waals surface area contributed by atoms with Crippen LogP contribution in [0.1, 0.15) is 13.8 Å². The van der Waals surface area contributed by atoms with E-state index in [1.807, 2.05) is 49.6 Å². The first-order valence-electron chi connectivity index (χ1n) is 8.98. The highest BCUT2D eigenvalue weighted by atomic mass is 32.1. The van der Waals surface area contributed by atoms with Crippen molar-refractivity contribution in [1.82, 2.24) is 14.5 Å². The fourth-order valence-corrected chi connectivity index (χ4v) is 4.44. The molecule has 2 aromatic heterocycles. The first-order chi connectivity index (χ1) is 13.0. The van der Waals surface area contributed by atoms with E-state index in [0.717, 1.165) is 11.1 Å². The SMILES string of the molecule is C[C@@H]1CN(C(=O)Cn2cnc3scc(-c4ccccc4)c3c2=O)C[C@@H](C)O1. The van der Waals surface area contributed by atoms with Gasteiger partial charge in [-0.2, -0.15) is 0 Å². The number of fused-ring (bicyclic) bond motifs is 1. The topological polar surface area (TPSA) is 64.4 Å². The summed E-state index contributed by atoms with van der Waals surface area (Å²) in [4.78, 5) is 32.6. The second-order valence-corrected chi connectivity index (χ2v) is 7.79. The molecule has 6 nitrogen and oxygen atoms in total. The minimum atomic E-state index is -0.178. The zero-order chi connectivity index (χ0) is 19.0. The molecule has 3 aromatic rings. The van der Waals surface area contributed by atoms with Crippen molar-refractivity contribution in [3.05, 3.63) is 52.4 Å². The smallest absolute Gasteiger partial charge is 0.263 e.